The summed E-state index contributed by atoms with van der Waals surface area (Å²) in [6, 6.07) is 7.26. The monoisotopic (exact) mass is 416 g/mol. The maximum atomic E-state index is 12.7. The lowest BCUT2D eigenvalue weighted by Gasteiger charge is -2.17. The molecule has 2 amide bonds. The average Bonchev–Trinajstić information content (AvgIpc) is 3.13. The minimum Gasteiger partial charge on any atom is -0.391 e. The van der Waals surface area contributed by atoms with Gasteiger partial charge in [-0.3, -0.25) is 14.8 Å². The van der Waals surface area contributed by atoms with Gasteiger partial charge in [0, 0.05) is 11.1 Å². The van der Waals surface area contributed by atoms with Gasteiger partial charge in [0.15, 0.2) is 6.04 Å². The molecule has 0 saturated carbocycles. The fourth-order valence-electron chi connectivity index (χ4n) is 2.01. The zero-order valence-electron chi connectivity index (χ0n) is 14.6. The molecule has 0 aliphatic carbocycles. The molecule has 148 valence electrons. The fourth-order valence-corrected chi connectivity index (χ4v) is 2.64. The minimum atomic E-state index is -3.28. The third-order valence-corrected chi connectivity index (χ3v) is 4.25. The molecule has 1 aromatic heterocycles. The van der Waals surface area contributed by atoms with Crippen LogP contribution in [0.1, 0.15) is 20.8 Å². The number of nitrogens with two attached hydrogens (primary N) is 1. The van der Waals surface area contributed by atoms with E-state index in [1.54, 1.807) is 12.1 Å². The van der Waals surface area contributed by atoms with Gasteiger partial charge in [0.05, 0.1) is 9.88 Å². The molecule has 1 aromatic carbocycles. The van der Waals surface area contributed by atoms with Gasteiger partial charge < -0.3 is 16.5 Å². The first-order valence-corrected chi connectivity index (χ1v) is 8.72. The van der Waals surface area contributed by atoms with E-state index in [9.17, 15) is 18.4 Å². The quantitative estimate of drug-likeness (QED) is 0.220. The van der Waals surface area contributed by atoms with Crippen molar-refractivity contribution in [2.45, 2.75) is 12.5 Å². The Morgan fingerprint density at radius 2 is 1.76 bits per heavy atom. The van der Waals surface area contributed by atoms with Crippen molar-refractivity contribution in [2.75, 3.05) is 5.73 Å². The summed E-state index contributed by atoms with van der Waals surface area (Å²) >= 11 is 1.34. The van der Waals surface area contributed by atoms with Gasteiger partial charge in [-0.25, -0.2) is 14.3 Å². The molecule has 2 aromatic rings. The summed E-state index contributed by atoms with van der Waals surface area (Å²) in [6.07, 6.45) is -3.28. The van der Waals surface area contributed by atoms with Gasteiger partial charge in [0.1, 0.15) is 5.71 Å². The lowest BCUT2D eigenvalue weighted by molar-refractivity contribution is -0.129. The van der Waals surface area contributed by atoms with E-state index in [4.69, 9.17) is 16.4 Å². The molecule has 0 fully saturated rings. The molecule has 10 heteroatoms. The number of rotatable bonds is 5. The Labute approximate surface area is 168 Å². The van der Waals surface area contributed by atoms with Crippen LogP contribution in [0, 0.1) is 29.1 Å². The summed E-state index contributed by atoms with van der Waals surface area (Å²) in [6.45, 7) is 0. The first-order valence-electron chi connectivity index (χ1n) is 7.90. The number of carbonyl (C=O) groups is 2. The molecule has 0 bridgehead atoms. The third kappa shape index (κ3) is 6.14. The van der Waals surface area contributed by atoms with Crippen molar-refractivity contribution in [3.63, 3.8) is 0 Å². The second-order valence-corrected chi connectivity index (χ2v) is 6.53. The largest absolute Gasteiger partial charge is 0.391 e. The van der Waals surface area contributed by atoms with Crippen molar-refractivity contribution < 1.29 is 23.6 Å². The summed E-state index contributed by atoms with van der Waals surface area (Å²) in [5.74, 6) is 8.71. The van der Waals surface area contributed by atoms with Gasteiger partial charge in [0.2, 0.25) is 0 Å². The van der Waals surface area contributed by atoms with Crippen molar-refractivity contribution in [1.29, 1.82) is 5.41 Å². The number of hydrogen-bond acceptors (Lipinski definition) is 6. The fraction of sp³-hybridized carbons (Fsp3) is 0.105. The van der Waals surface area contributed by atoms with Crippen molar-refractivity contribution in [3.05, 3.63) is 52.4 Å². The highest BCUT2D eigenvalue weighted by Gasteiger charge is 2.30. The van der Waals surface area contributed by atoms with E-state index in [1.165, 1.54) is 35.6 Å². The Hall–Kier alpha value is -3.73. The Balaban J connectivity index is 2.06. The number of anilines is 1. The van der Waals surface area contributed by atoms with Crippen LogP contribution in [0.15, 0.2) is 36.4 Å². The van der Waals surface area contributed by atoms with Crippen LogP contribution in [0.3, 0.4) is 0 Å². The summed E-state index contributed by atoms with van der Waals surface area (Å²) in [4.78, 5) is 24.4. The molecule has 2 rings (SSSR count). The van der Waals surface area contributed by atoms with Crippen LogP contribution >= 0.6 is 11.3 Å². The summed E-state index contributed by atoms with van der Waals surface area (Å²) < 4.78 is 25.3. The van der Waals surface area contributed by atoms with Crippen LogP contribution in [0.25, 0.3) is 0 Å². The van der Waals surface area contributed by atoms with E-state index in [2.05, 4.69) is 23.7 Å². The Kier molecular flexibility index (Phi) is 7.43. The molecule has 0 radical (unpaired) electrons. The number of amides is 2. The van der Waals surface area contributed by atoms with Gasteiger partial charge in [-0.1, -0.05) is 5.92 Å². The number of nitrogens with one attached hydrogen (secondary N) is 3. The number of carbonyl (C=O) groups excluding carboxylic acids is 2. The number of nitrogen functional groups attached to an aromatic ring is 1. The SMILES string of the molecule is N=C(C(F)F)[C@H](NC(=O)c1ccc(C#CC#Cc2ccc(N)s2)cc1)C(=O)NO. The van der Waals surface area contributed by atoms with Crippen molar-refractivity contribution in [2.24, 2.45) is 0 Å². The molecule has 6 N–H and O–H groups in total. The Bertz CT molecular complexity index is 1040. The van der Waals surface area contributed by atoms with Crippen LogP contribution in [-0.4, -0.2) is 35.2 Å². The van der Waals surface area contributed by atoms with Crippen molar-refractivity contribution >= 4 is 33.9 Å². The molecule has 0 aliphatic heterocycles. The topological polar surface area (TPSA) is 128 Å². The van der Waals surface area contributed by atoms with Crippen LogP contribution < -0.4 is 16.5 Å². The minimum absolute atomic E-state index is 0.0495. The van der Waals surface area contributed by atoms with E-state index in [0.29, 0.717) is 10.6 Å². The molecule has 29 heavy (non-hydrogen) atoms. The summed E-state index contributed by atoms with van der Waals surface area (Å²) in [5, 5.41) is 18.4. The molecule has 1 atom stereocenters. The molecule has 1 heterocycles. The molecule has 0 saturated heterocycles. The lowest BCUT2D eigenvalue weighted by Crippen LogP contribution is -2.52. The number of alkyl halides is 2. The first-order chi connectivity index (χ1) is 13.8. The number of hydrogen-bond donors (Lipinski definition) is 5. The summed E-state index contributed by atoms with van der Waals surface area (Å²) in [7, 11) is 0. The highest BCUT2D eigenvalue weighted by atomic mass is 32.1. The number of halogens is 2. The number of benzene rings is 1. The predicted molar refractivity (Wildman–Crippen MR) is 104 cm³/mol. The lowest BCUT2D eigenvalue weighted by atomic mass is 10.1. The maximum absolute atomic E-state index is 12.7. The normalized spacial score (nSPS) is 10.8. The number of hydroxylamine groups is 1. The second-order valence-electron chi connectivity index (χ2n) is 5.42. The van der Waals surface area contributed by atoms with E-state index < -0.39 is 30.0 Å². The van der Waals surface area contributed by atoms with Gasteiger partial charge in [0.25, 0.3) is 18.2 Å². The Morgan fingerprint density at radius 3 is 2.31 bits per heavy atom. The molecule has 7 nitrogen and oxygen atoms in total. The van der Waals surface area contributed by atoms with Crippen LogP contribution in [0.4, 0.5) is 13.8 Å². The highest BCUT2D eigenvalue weighted by molar-refractivity contribution is 7.16. The Morgan fingerprint density at radius 1 is 1.10 bits per heavy atom. The maximum Gasteiger partial charge on any atom is 0.278 e. The second kappa shape index (κ2) is 9.99. The van der Waals surface area contributed by atoms with Crippen LogP contribution in [0.2, 0.25) is 0 Å². The van der Waals surface area contributed by atoms with Crippen molar-refractivity contribution in [3.8, 4) is 23.7 Å². The molecule has 0 spiro atoms. The molecule has 0 unspecified atom stereocenters. The van der Waals surface area contributed by atoms with E-state index >= 15 is 0 Å². The summed E-state index contributed by atoms with van der Waals surface area (Å²) in [5.41, 5.74) is 5.99. The zero-order chi connectivity index (χ0) is 21.4. The van der Waals surface area contributed by atoms with Gasteiger partial charge in [-0.2, -0.15) is 0 Å². The van der Waals surface area contributed by atoms with E-state index in [1.807, 2.05) is 5.32 Å². The molecule has 0 aliphatic rings. The predicted octanol–water partition coefficient (Wildman–Crippen LogP) is 1.62. The van der Waals surface area contributed by atoms with Crippen molar-refractivity contribution in [1.82, 2.24) is 10.8 Å². The average molecular weight is 416 g/mol. The standard InChI is InChI=1S/C19H14F2N4O3S/c20-17(21)15(23)16(19(27)25-28)24-18(26)12-7-5-11(6-8-12)3-1-2-4-13-9-10-14(22)29-13/h5-10,16-17,23,28H,22H2,(H,24,26)(H,25,27)/t16-/m0/s1. The van der Waals surface area contributed by atoms with Gasteiger partial charge >= 0.3 is 0 Å². The van der Waals surface area contributed by atoms with Crippen LogP contribution in [0.5, 0.6) is 0 Å². The van der Waals surface area contributed by atoms with Gasteiger partial charge in [-0.05, 0) is 54.2 Å². The van der Waals surface area contributed by atoms with E-state index in [0.717, 1.165) is 10.4 Å². The highest BCUT2D eigenvalue weighted by Crippen LogP contribution is 2.16. The number of thiophene rings is 1. The van der Waals surface area contributed by atoms with E-state index in [-0.39, 0.29) is 5.56 Å². The zero-order valence-corrected chi connectivity index (χ0v) is 15.4. The molecular weight excluding hydrogens is 402 g/mol. The first kappa shape index (κ1) is 21.6. The molecular formula is C19H14F2N4O3S. The third-order valence-electron chi connectivity index (χ3n) is 3.42. The van der Waals surface area contributed by atoms with Crippen LogP contribution in [-0.2, 0) is 4.79 Å². The van der Waals surface area contributed by atoms with Gasteiger partial charge in [-0.15, -0.1) is 11.3 Å². The smallest absolute Gasteiger partial charge is 0.278 e.